The highest BCUT2D eigenvalue weighted by atomic mass is 32.2. The topological polar surface area (TPSA) is 104 Å². The van der Waals surface area contributed by atoms with E-state index in [1.54, 1.807) is 6.08 Å². The van der Waals surface area contributed by atoms with Crippen LogP contribution in [0.25, 0.3) is 0 Å². The predicted molar refractivity (Wildman–Crippen MR) is 211 cm³/mol. The molecule has 0 saturated carbocycles. The lowest BCUT2D eigenvalue weighted by atomic mass is 10.0. The first-order valence-electron chi connectivity index (χ1n) is 20.0. The molecule has 0 aromatic carbocycles. The second-order valence-corrected chi connectivity index (χ2v) is 15.0. The van der Waals surface area contributed by atoms with Gasteiger partial charge in [-0.15, -0.1) is 0 Å². The standard InChI is InChI=1S/C42H75NO5S/c1-3-5-7-9-11-13-15-17-18-19-20-21-22-23-24-26-27-29-31-33-35-37-41(44)40(39-49(46,47)48)43-42(45)38-36-34-32-30-28-25-16-14-12-10-8-6-4-2/h6,8,12,14,25,27-29,35,37,40-41,44H,3-5,7,9-11,13,15-24,26,30-34,36,38-39H2,1-2H3,(H,43,45)(H,46,47,48)/b8-6-,14-12-,28-25-,29-27+,37-35+. The van der Waals surface area contributed by atoms with Crippen LogP contribution in [0.3, 0.4) is 0 Å². The van der Waals surface area contributed by atoms with E-state index in [1.165, 1.54) is 102 Å². The van der Waals surface area contributed by atoms with Crippen LogP contribution in [0, 0.1) is 0 Å². The van der Waals surface area contributed by atoms with E-state index in [1.807, 2.05) is 0 Å². The van der Waals surface area contributed by atoms with Crippen molar-refractivity contribution in [2.24, 2.45) is 0 Å². The quantitative estimate of drug-likeness (QED) is 0.0346. The van der Waals surface area contributed by atoms with Crippen molar-refractivity contribution >= 4 is 16.0 Å². The molecule has 0 aliphatic heterocycles. The summed E-state index contributed by atoms with van der Waals surface area (Å²) in [6, 6.07) is -1.09. The molecular formula is C42H75NO5S. The van der Waals surface area contributed by atoms with E-state index >= 15 is 0 Å². The van der Waals surface area contributed by atoms with Crippen molar-refractivity contribution in [1.29, 1.82) is 0 Å². The minimum Gasteiger partial charge on any atom is -0.387 e. The third-order valence-electron chi connectivity index (χ3n) is 8.68. The fourth-order valence-electron chi connectivity index (χ4n) is 5.71. The maximum Gasteiger partial charge on any atom is 0.267 e. The van der Waals surface area contributed by atoms with Gasteiger partial charge in [-0.25, -0.2) is 0 Å². The molecule has 0 heterocycles. The monoisotopic (exact) mass is 706 g/mol. The molecule has 2 atom stereocenters. The van der Waals surface area contributed by atoms with Crippen molar-refractivity contribution in [3.05, 3.63) is 60.8 Å². The number of hydrogen-bond donors (Lipinski definition) is 3. The van der Waals surface area contributed by atoms with Crippen molar-refractivity contribution in [2.45, 2.75) is 193 Å². The fourth-order valence-corrected chi connectivity index (χ4v) is 6.45. The number of aliphatic hydroxyl groups excluding tert-OH is 1. The molecule has 49 heavy (non-hydrogen) atoms. The van der Waals surface area contributed by atoms with E-state index in [0.29, 0.717) is 12.8 Å². The van der Waals surface area contributed by atoms with Crippen molar-refractivity contribution in [3.8, 4) is 0 Å². The van der Waals surface area contributed by atoms with E-state index in [9.17, 15) is 22.9 Å². The van der Waals surface area contributed by atoms with Gasteiger partial charge in [0.05, 0.1) is 17.9 Å². The summed E-state index contributed by atoms with van der Waals surface area (Å²) in [5, 5.41) is 13.2. The summed E-state index contributed by atoms with van der Waals surface area (Å²) in [5.41, 5.74) is 0. The summed E-state index contributed by atoms with van der Waals surface area (Å²) in [4.78, 5) is 12.5. The maximum atomic E-state index is 12.5. The largest absolute Gasteiger partial charge is 0.387 e. The second-order valence-electron chi connectivity index (χ2n) is 13.5. The lowest BCUT2D eigenvalue weighted by Gasteiger charge is -2.21. The summed E-state index contributed by atoms with van der Waals surface area (Å²) in [5.74, 6) is -1.04. The Morgan fingerprint density at radius 1 is 0.571 bits per heavy atom. The van der Waals surface area contributed by atoms with Crippen molar-refractivity contribution in [3.63, 3.8) is 0 Å². The van der Waals surface area contributed by atoms with Gasteiger partial charge in [0.2, 0.25) is 5.91 Å². The fraction of sp³-hybridized carbons (Fsp3) is 0.738. The van der Waals surface area contributed by atoms with Crippen LogP contribution in [0.1, 0.15) is 181 Å². The first kappa shape index (κ1) is 47.0. The van der Waals surface area contributed by atoms with Crippen LogP contribution < -0.4 is 5.32 Å². The molecule has 6 nitrogen and oxygen atoms in total. The number of hydrogen-bond acceptors (Lipinski definition) is 4. The Morgan fingerprint density at radius 3 is 1.53 bits per heavy atom. The number of rotatable bonds is 35. The molecule has 0 aromatic rings. The van der Waals surface area contributed by atoms with Gasteiger partial charge < -0.3 is 10.4 Å². The second kappa shape index (κ2) is 35.9. The summed E-state index contributed by atoms with van der Waals surface area (Å²) in [6.07, 6.45) is 49.3. The van der Waals surface area contributed by atoms with Gasteiger partial charge in [-0.2, -0.15) is 8.42 Å². The van der Waals surface area contributed by atoms with Crippen LogP contribution in [0.2, 0.25) is 0 Å². The molecule has 3 N–H and O–H groups in total. The number of carbonyl (C=O) groups is 1. The van der Waals surface area contributed by atoms with Gasteiger partial charge in [0.1, 0.15) is 0 Å². The van der Waals surface area contributed by atoms with E-state index in [4.69, 9.17) is 0 Å². The van der Waals surface area contributed by atoms with Gasteiger partial charge in [0.15, 0.2) is 0 Å². The lowest BCUT2D eigenvalue weighted by molar-refractivity contribution is -0.122. The zero-order valence-corrected chi connectivity index (χ0v) is 32.4. The zero-order valence-electron chi connectivity index (χ0n) is 31.5. The first-order valence-corrected chi connectivity index (χ1v) is 21.6. The third-order valence-corrected chi connectivity index (χ3v) is 9.46. The molecule has 7 heteroatoms. The van der Waals surface area contributed by atoms with Gasteiger partial charge in [-0.3, -0.25) is 9.35 Å². The van der Waals surface area contributed by atoms with Crippen LogP contribution in [0.5, 0.6) is 0 Å². The Bertz CT molecular complexity index is 999. The summed E-state index contributed by atoms with van der Waals surface area (Å²) in [6.45, 7) is 4.40. The number of nitrogens with one attached hydrogen (secondary N) is 1. The Balaban J connectivity index is 4.00. The van der Waals surface area contributed by atoms with Crippen molar-refractivity contribution in [1.82, 2.24) is 5.32 Å². The Kier molecular flexibility index (Phi) is 34.4. The number of carbonyl (C=O) groups excluding carboxylic acids is 1. The minimum atomic E-state index is -4.36. The number of amides is 1. The highest BCUT2D eigenvalue weighted by Gasteiger charge is 2.24. The molecule has 1 amide bonds. The zero-order chi connectivity index (χ0) is 36.1. The number of allylic oxidation sites excluding steroid dienone is 9. The van der Waals surface area contributed by atoms with Gasteiger partial charge >= 0.3 is 0 Å². The highest BCUT2D eigenvalue weighted by molar-refractivity contribution is 7.85. The van der Waals surface area contributed by atoms with Gasteiger partial charge in [-0.1, -0.05) is 171 Å². The summed E-state index contributed by atoms with van der Waals surface area (Å²) >= 11 is 0. The minimum absolute atomic E-state index is 0.250. The average Bonchev–Trinajstić information content (AvgIpc) is 3.06. The van der Waals surface area contributed by atoms with Crippen LogP contribution in [-0.2, 0) is 14.9 Å². The summed E-state index contributed by atoms with van der Waals surface area (Å²) < 4.78 is 32.4. The molecular weight excluding hydrogens is 631 g/mol. The molecule has 0 spiro atoms. The molecule has 0 rings (SSSR count). The molecule has 284 valence electrons. The normalized spacial score (nSPS) is 14.0. The maximum absolute atomic E-state index is 12.5. The number of unbranched alkanes of at least 4 members (excludes halogenated alkanes) is 19. The average molecular weight is 706 g/mol. The van der Waals surface area contributed by atoms with Gasteiger partial charge in [0.25, 0.3) is 10.1 Å². The Morgan fingerprint density at radius 2 is 1.00 bits per heavy atom. The molecule has 0 aliphatic carbocycles. The molecule has 0 radical (unpaired) electrons. The van der Waals surface area contributed by atoms with Crippen LogP contribution in [0.4, 0.5) is 0 Å². The predicted octanol–water partition coefficient (Wildman–Crippen LogP) is 11.7. The molecule has 0 saturated heterocycles. The molecule has 0 bridgehead atoms. The van der Waals surface area contributed by atoms with E-state index in [2.05, 4.69) is 67.8 Å². The molecule has 0 fully saturated rings. The first-order chi connectivity index (χ1) is 23.8. The highest BCUT2D eigenvalue weighted by Crippen LogP contribution is 2.14. The van der Waals surface area contributed by atoms with Gasteiger partial charge in [0, 0.05) is 6.42 Å². The van der Waals surface area contributed by atoms with Crippen molar-refractivity contribution in [2.75, 3.05) is 5.75 Å². The van der Waals surface area contributed by atoms with Crippen LogP contribution in [-0.4, -0.2) is 41.9 Å². The van der Waals surface area contributed by atoms with E-state index < -0.39 is 28.0 Å². The summed E-state index contributed by atoms with van der Waals surface area (Å²) in [7, 11) is -4.36. The SMILES string of the molecule is CC/C=C\C/C=C\C/C=C\CCCCCC(=O)NC(CS(=O)(=O)O)C(O)/C=C/CC/C=C/CCCCCCCCCCCCCCCCC. The van der Waals surface area contributed by atoms with Crippen LogP contribution in [0.15, 0.2) is 60.8 Å². The van der Waals surface area contributed by atoms with E-state index in [0.717, 1.165) is 51.4 Å². The molecule has 0 aliphatic rings. The molecule has 2 unspecified atom stereocenters. The number of aliphatic hydroxyl groups is 1. The van der Waals surface area contributed by atoms with E-state index in [-0.39, 0.29) is 12.3 Å². The Labute approximate surface area is 302 Å². The Hall–Kier alpha value is -1.96. The lowest BCUT2D eigenvalue weighted by Crippen LogP contribution is -2.46. The molecule has 0 aromatic heterocycles. The van der Waals surface area contributed by atoms with Crippen molar-refractivity contribution < 1.29 is 22.9 Å². The smallest absolute Gasteiger partial charge is 0.267 e. The van der Waals surface area contributed by atoms with Gasteiger partial charge in [-0.05, 0) is 64.2 Å². The third kappa shape index (κ3) is 37.1. The van der Waals surface area contributed by atoms with Crippen LogP contribution >= 0.6 is 0 Å².